The molecule has 0 radical (unpaired) electrons. The van der Waals surface area contributed by atoms with Gasteiger partial charge in [0.25, 0.3) is 0 Å². The first-order valence-electron chi connectivity index (χ1n) is 4.17. The second kappa shape index (κ2) is 8.99. The Bertz CT molecular complexity index is 395. The first-order chi connectivity index (χ1) is 7.20. The Labute approximate surface area is 94.4 Å². The average Bonchev–Trinajstić information content (AvgIpc) is 2.26. The Hall–Kier alpha value is -1.58. The van der Waals surface area contributed by atoms with E-state index in [1.54, 1.807) is 17.8 Å². The Kier molecular flexibility index (Phi) is 8.05. The number of hydrogen-bond acceptors (Lipinski definition) is 3. The first kappa shape index (κ1) is 13.4. The molecule has 0 aromatic carbocycles. The van der Waals surface area contributed by atoms with Crippen LogP contribution in [0.5, 0.6) is 0 Å². The summed E-state index contributed by atoms with van der Waals surface area (Å²) in [6.07, 6.45) is 6.19. The number of allylic oxidation sites excluding steroid dienone is 3. The van der Waals surface area contributed by atoms with Gasteiger partial charge in [-0.2, -0.15) is 0 Å². The number of esters is 1. The second-order valence-corrected chi connectivity index (χ2v) is 3.34. The third-order valence-electron chi connectivity index (χ3n) is 1.29. The summed E-state index contributed by atoms with van der Waals surface area (Å²) < 4.78 is 4.39. The molecule has 0 aliphatic carbocycles. The van der Waals surface area contributed by atoms with Gasteiger partial charge in [0.15, 0.2) is 0 Å². The molecule has 0 aliphatic heterocycles. The number of rotatable bonds is 2. The number of methoxy groups -OCH3 is 1. The largest absolute Gasteiger partial charge is 0.466 e. The quantitative estimate of drug-likeness (QED) is 0.309. The SMILES string of the molecule is COC(=O)C=CC#CC=C=C=C(C)SC. The summed E-state index contributed by atoms with van der Waals surface area (Å²) in [5.74, 6) is 4.90. The maximum atomic E-state index is 10.6. The van der Waals surface area contributed by atoms with E-state index in [0.29, 0.717) is 0 Å². The molecule has 3 heteroatoms. The average molecular weight is 220 g/mol. The molecule has 15 heavy (non-hydrogen) atoms. The lowest BCUT2D eigenvalue weighted by molar-refractivity contribution is -0.134. The molecule has 0 aliphatic rings. The Morgan fingerprint density at radius 2 is 2.13 bits per heavy atom. The molecule has 0 atom stereocenters. The summed E-state index contributed by atoms with van der Waals surface area (Å²) in [6, 6.07) is 0. The van der Waals surface area contributed by atoms with E-state index >= 15 is 0 Å². The van der Waals surface area contributed by atoms with E-state index in [0.717, 1.165) is 4.91 Å². The summed E-state index contributed by atoms with van der Waals surface area (Å²) in [5, 5.41) is 0. The van der Waals surface area contributed by atoms with Crippen LogP contribution in [0.15, 0.2) is 34.6 Å². The fourth-order valence-corrected chi connectivity index (χ4v) is 0.653. The van der Waals surface area contributed by atoms with Crippen molar-refractivity contribution < 1.29 is 9.53 Å². The maximum Gasteiger partial charge on any atom is 0.331 e. The first-order valence-corrected chi connectivity index (χ1v) is 5.39. The Balaban J connectivity index is 4.29. The standard InChI is InChI=1S/C12H12O2S/c1-11(15-3)9-7-5-4-6-8-10-12(13)14-2/h5,8,10H,1-3H3. The van der Waals surface area contributed by atoms with Gasteiger partial charge >= 0.3 is 5.97 Å². The number of thioether (sulfide) groups is 1. The van der Waals surface area contributed by atoms with Crippen LogP contribution in [0.4, 0.5) is 0 Å². The zero-order valence-corrected chi connectivity index (χ0v) is 9.77. The van der Waals surface area contributed by atoms with Crippen LogP contribution in [-0.4, -0.2) is 19.3 Å². The topological polar surface area (TPSA) is 26.3 Å². The normalized spacial score (nSPS) is 8.20. The van der Waals surface area contributed by atoms with Crippen LogP contribution in [0.3, 0.4) is 0 Å². The molecule has 0 amide bonds. The highest BCUT2D eigenvalue weighted by Crippen LogP contribution is 2.05. The molecule has 0 rings (SSSR count). The summed E-state index contributed by atoms with van der Waals surface area (Å²) in [4.78, 5) is 11.6. The molecule has 0 fully saturated rings. The van der Waals surface area contributed by atoms with Gasteiger partial charge in [-0.3, -0.25) is 0 Å². The minimum atomic E-state index is -0.415. The molecular weight excluding hydrogens is 208 g/mol. The van der Waals surface area contributed by atoms with Crippen molar-refractivity contribution in [1.29, 1.82) is 0 Å². The van der Waals surface area contributed by atoms with E-state index < -0.39 is 5.97 Å². The van der Waals surface area contributed by atoms with Gasteiger partial charge in [0.05, 0.1) is 7.11 Å². The van der Waals surface area contributed by atoms with Gasteiger partial charge in [0.2, 0.25) is 0 Å². The minimum Gasteiger partial charge on any atom is -0.466 e. The molecular formula is C12H12O2S. The molecule has 0 saturated heterocycles. The van der Waals surface area contributed by atoms with Gasteiger partial charge in [-0.25, -0.2) is 4.79 Å². The van der Waals surface area contributed by atoms with Gasteiger partial charge in [-0.1, -0.05) is 23.3 Å². The summed E-state index contributed by atoms with van der Waals surface area (Å²) in [5.41, 5.74) is 5.68. The molecule has 2 nitrogen and oxygen atoms in total. The third kappa shape index (κ3) is 8.74. The van der Waals surface area contributed by atoms with Gasteiger partial charge in [-0.15, -0.1) is 11.8 Å². The van der Waals surface area contributed by atoms with Gasteiger partial charge in [0.1, 0.15) is 0 Å². The van der Waals surface area contributed by atoms with Crippen molar-refractivity contribution >= 4 is 17.7 Å². The van der Waals surface area contributed by atoms with Crippen molar-refractivity contribution in [3.8, 4) is 11.8 Å². The van der Waals surface area contributed by atoms with Gasteiger partial charge in [0, 0.05) is 17.1 Å². The van der Waals surface area contributed by atoms with Crippen LogP contribution < -0.4 is 0 Å². The van der Waals surface area contributed by atoms with Gasteiger partial charge in [-0.05, 0) is 19.3 Å². The fraction of sp³-hybridized carbons (Fsp3) is 0.250. The van der Waals surface area contributed by atoms with E-state index in [2.05, 4.69) is 28.0 Å². The molecule has 0 aromatic heterocycles. The van der Waals surface area contributed by atoms with E-state index in [4.69, 9.17) is 0 Å². The van der Waals surface area contributed by atoms with Crippen molar-refractivity contribution in [3.05, 3.63) is 34.6 Å². The predicted molar refractivity (Wildman–Crippen MR) is 63.2 cm³/mol. The number of ether oxygens (including phenoxy) is 1. The Morgan fingerprint density at radius 3 is 2.73 bits per heavy atom. The molecule has 0 heterocycles. The number of carbonyl (C=O) groups excluding carboxylic acids is 1. The smallest absolute Gasteiger partial charge is 0.331 e. The third-order valence-corrected chi connectivity index (χ3v) is 2.00. The van der Waals surface area contributed by atoms with Crippen LogP contribution >= 0.6 is 11.8 Å². The van der Waals surface area contributed by atoms with Crippen molar-refractivity contribution in [2.24, 2.45) is 0 Å². The van der Waals surface area contributed by atoms with Crippen molar-refractivity contribution in [2.75, 3.05) is 13.4 Å². The summed E-state index contributed by atoms with van der Waals surface area (Å²) in [6.45, 7) is 1.94. The van der Waals surface area contributed by atoms with E-state index in [-0.39, 0.29) is 0 Å². The van der Waals surface area contributed by atoms with Crippen LogP contribution in [0.1, 0.15) is 6.92 Å². The zero-order valence-electron chi connectivity index (χ0n) is 8.96. The monoisotopic (exact) mass is 220 g/mol. The molecule has 0 spiro atoms. The van der Waals surface area contributed by atoms with Crippen LogP contribution in [0.2, 0.25) is 0 Å². The van der Waals surface area contributed by atoms with Crippen molar-refractivity contribution in [2.45, 2.75) is 6.92 Å². The zero-order chi connectivity index (χ0) is 11.5. The molecule has 0 unspecified atom stereocenters. The lowest BCUT2D eigenvalue weighted by Gasteiger charge is -1.84. The van der Waals surface area contributed by atoms with Gasteiger partial charge < -0.3 is 4.74 Å². The fourth-order valence-electron chi connectivity index (χ4n) is 0.492. The van der Waals surface area contributed by atoms with E-state index in [1.165, 1.54) is 19.3 Å². The van der Waals surface area contributed by atoms with E-state index in [9.17, 15) is 4.79 Å². The second-order valence-electron chi connectivity index (χ2n) is 2.32. The molecule has 0 saturated carbocycles. The Morgan fingerprint density at radius 1 is 1.40 bits per heavy atom. The number of hydrogen-bond donors (Lipinski definition) is 0. The molecule has 78 valence electrons. The van der Waals surface area contributed by atoms with Crippen LogP contribution in [-0.2, 0) is 9.53 Å². The highest BCUT2D eigenvalue weighted by atomic mass is 32.2. The molecule has 0 N–H and O–H groups in total. The highest BCUT2D eigenvalue weighted by molar-refractivity contribution is 8.02. The van der Waals surface area contributed by atoms with Crippen LogP contribution in [0.25, 0.3) is 0 Å². The van der Waals surface area contributed by atoms with Crippen molar-refractivity contribution in [3.63, 3.8) is 0 Å². The maximum absolute atomic E-state index is 10.6. The van der Waals surface area contributed by atoms with Crippen LogP contribution in [0, 0.1) is 11.8 Å². The highest BCUT2D eigenvalue weighted by Gasteiger charge is 1.85. The molecule has 0 aromatic rings. The minimum absolute atomic E-state index is 0.415. The van der Waals surface area contributed by atoms with Crippen molar-refractivity contribution in [1.82, 2.24) is 0 Å². The van der Waals surface area contributed by atoms with E-state index in [1.807, 2.05) is 13.2 Å². The lowest BCUT2D eigenvalue weighted by Crippen LogP contribution is -1.92. The molecule has 0 bridgehead atoms. The summed E-state index contributed by atoms with van der Waals surface area (Å²) >= 11 is 1.60. The predicted octanol–water partition coefficient (Wildman–Crippen LogP) is 2.30. The lowest BCUT2D eigenvalue weighted by atomic mass is 10.4. The summed E-state index contributed by atoms with van der Waals surface area (Å²) in [7, 11) is 1.32. The number of carbonyl (C=O) groups is 1.